The number of fused-ring (bicyclic) bond motifs is 1. The number of hydrogen-bond donors (Lipinski definition) is 2. The van der Waals surface area contributed by atoms with E-state index in [1.54, 1.807) is 0 Å². The van der Waals surface area contributed by atoms with Crippen molar-refractivity contribution >= 4 is 11.7 Å². The van der Waals surface area contributed by atoms with E-state index in [9.17, 15) is 9.90 Å². The zero-order valence-corrected chi connectivity index (χ0v) is 8.43. The first-order valence-corrected chi connectivity index (χ1v) is 4.82. The van der Waals surface area contributed by atoms with E-state index in [0.717, 1.165) is 11.3 Å². The second-order valence-electron chi connectivity index (χ2n) is 3.58. The average molecular weight is 207 g/mol. The zero-order chi connectivity index (χ0) is 10.8. The first-order valence-electron chi connectivity index (χ1n) is 4.82. The van der Waals surface area contributed by atoms with Gasteiger partial charge in [0.1, 0.15) is 12.1 Å². The molecule has 2 atom stereocenters. The Balaban J connectivity index is 2.25. The van der Waals surface area contributed by atoms with Crippen LogP contribution in [0.25, 0.3) is 0 Å². The molecule has 0 fully saturated rings. The van der Waals surface area contributed by atoms with Crippen LogP contribution in [0, 0.1) is 5.92 Å². The molecule has 0 amide bonds. The molecule has 0 bridgehead atoms. The van der Waals surface area contributed by atoms with Crippen LogP contribution in [0.4, 0.5) is 5.69 Å². The smallest absolute Gasteiger partial charge is 0.313 e. The van der Waals surface area contributed by atoms with Gasteiger partial charge in [0.15, 0.2) is 0 Å². The molecule has 0 aliphatic carbocycles. The third kappa shape index (κ3) is 1.80. The number of para-hydroxylation sites is 1. The lowest BCUT2D eigenvalue weighted by atomic mass is 9.92. The molecule has 0 aromatic heterocycles. The van der Waals surface area contributed by atoms with Gasteiger partial charge in [-0.2, -0.15) is 0 Å². The zero-order valence-electron chi connectivity index (χ0n) is 8.43. The predicted octanol–water partition coefficient (Wildman–Crippen LogP) is 0.762. The molecule has 1 heterocycles. The molecule has 80 valence electrons. The van der Waals surface area contributed by atoms with Gasteiger partial charge >= 0.3 is 5.97 Å². The highest BCUT2D eigenvalue weighted by Crippen LogP contribution is 2.27. The highest BCUT2D eigenvalue weighted by molar-refractivity contribution is 5.75. The SMILES string of the molecule is COC(=O)C1Cc2ccccc2N[C@H]1O. The maximum absolute atomic E-state index is 11.4. The maximum atomic E-state index is 11.4. The van der Waals surface area contributed by atoms with E-state index < -0.39 is 12.1 Å². The van der Waals surface area contributed by atoms with Gasteiger partial charge in [0.25, 0.3) is 0 Å². The van der Waals surface area contributed by atoms with Crippen LogP contribution in [0.5, 0.6) is 0 Å². The summed E-state index contributed by atoms with van der Waals surface area (Å²) < 4.78 is 4.64. The Kier molecular flexibility index (Phi) is 2.60. The molecular weight excluding hydrogens is 194 g/mol. The number of carbonyl (C=O) groups is 1. The van der Waals surface area contributed by atoms with Gasteiger partial charge in [-0.15, -0.1) is 0 Å². The van der Waals surface area contributed by atoms with E-state index >= 15 is 0 Å². The highest BCUT2D eigenvalue weighted by atomic mass is 16.5. The molecule has 0 radical (unpaired) electrons. The van der Waals surface area contributed by atoms with Crippen molar-refractivity contribution in [1.82, 2.24) is 0 Å². The fraction of sp³-hybridized carbons (Fsp3) is 0.364. The minimum Gasteiger partial charge on any atom is -0.469 e. The summed E-state index contributed by atoms with van der Waals surface area (Å²) in [5.41, 5.74) is 1.91. The molecule has 0 saturated heterocycles. The number of ether oxygens (including phenoxy) is 1. The number of aliphatic hydroxyl groups is 1. The van der Waals surface area contributed by atoms with Crippen molar-refractivity contribution < 1.29 is 14.6 Å². The number of methoxy groups -OCH3 is 1. The molecule has 1 aromatic carbocycles. The number of anilines is 1. The Morgan fingerprint density at radius 2 is 2.27 bits per heavy atom. The van der Waals surface area contributed by atoms with Crippen LogP contribution < -0.4 is 5.32 Å². The number of rotatable bonds is 1. The molecule has 1 aliphatic heterocycles. The molecule has 1 unspecified atom stereocenters. The Labute approximate surface area is 87.9 Å². The van der Waals surface area contributed by atoms with Crippen molar-refractivity contribution in [3.8, 4) is 0 Å². The van der Waals surface area contributed by atoms with E-state index in [1.807, 2.05) is 24.3 Å². The molecule has 2 rings (SSSR count). The van der Waals surface area contributed by atoms with Crippen LogP contribution in [-0.4, -0.2) is 24.4 Å². The van der Waals surface area contributed by atoms with Crippen LogP contribution in [-0.2, 0) is 16.0 Å². The number of carbonyl (C=O) groups excluding carboxylic acids is 1. The first-order chi connectivity index (χ1) is 7.22. The van der Waals surface area contributed by atoms with Gasteiger partial charge in [0, 0.05) is 5.69 Å². The Bertz CT molecular complexity index is 378. The Morgan fingerprint density at radius 3 is 3.00 bits per heavy atom. The molecule has 15 heavy (non-hydrogen) atoms. The average Bonchev–Trinajstić information content (AvgIpc) is 2.27. The van der Waals surface area contributed by atoms with Gasteiger partial charge in [0.05, 0.1) is 7.11 Å². The monoisotopic (exact) mass is 207 g/mol. The van der Waals surface area contributed by atoms with E-state index in [0.29, 0.717) is 6.42 Å². The molecule has 2 N–H and O–H groups in total. The lowest BCUT2D eigenvalue weighted by Crippen LogP contribution is -2.40. The van der Waals surface area contributed by atoms with Crippen molar-refractivity contribution in [2.24, 2.45) is 5.92 Å². The largest absolute Gasteiger partial charge is 0.469 e. The number of aliphatic hydroxyl groups excluding tert-OH is 1. The minimum atomic E-state index is -0.868. The van der Waals surface area contributed by atoms with Crippen molar-refractivity contribution in [2.45, 2.75) is 12.6 Å². The van der Waals surface area contributed by atoms with Crippen LogP contribution in [0.1, 0.15) is 5.56 Å². The topological polar surface area (TPSA) is 58.6 Å². The third-order valence-corrected chi connectivity index (χ3v) is 2.65. The summed E-state index contributed by atoms with van der Waals surface area (Å²) >= 11 is 0. The fourth-order valence-corrected chi connectivity index (χ4v) is 1.81. The molecule has 0 saturated carbocycles. The summed E-state index contributed by atoms with van der Waals surface area (Å²) in [6.07, 6.45) is -0.357. The first kappa shape index (κ1) is 9.98. The van der Waals surface area contributed by atoms with E-state index in [1.165, 1.54) is 7.11 Å². The Morgan fingerprint density at radius 1 is 1.53 bits per heavy atom. The predicted molar refractivity (Wildman–Crippen MR) is 55.3 cm³/mol. The van der Waals surface area contributed by atoms with Crippen LogP contribution in [0.3, 0.4) is 0 Å². The molecule has 1 aromatic rings. The fourth-order valence-electron chi connectivity index (χ4n) is 1.81. The van der Waals surface area contributed by atoms with E-state index in [-0.39, 0.29) is 5.97 Å². The molecule has 4 heteroatoms. The normalized spacial score (nSPS) is 23.9. The number of hydrogen-bond acceptors (Lipinski definition) is 4. The molecular formula is C11H13NO3. The van der Waals surface area contributed by atoms with Crippen molar-refractivity contribution in [3.63, 3.8) is 0 Å². The van der Waals surface area contributed by atoms with Crippen molar-refractivity contribution in [1.29, 1.82) is 0 Å². The number of esters is 1. The summed E-state index contributed by atoms with van der Waals surface area (Å²) in [5.74, 6) is -0.908. The number of nitrogens with one attached hydrogen (secondary N) is 1. The molecule has 4 nitrogen and oxygen atoms in total. The van der Waals surface area contributed by atoms with Crippen molar-refractivity contribution in [3.05, 3.63) is 29.8 Å². The van der Waals surface area contributed by atoms with Crippen LogP contribution in [0.15, 0.2) is 24.3 Å². The molecule has 0 spiro atoms. The number of benzene rings is 1. The van der Waals surface area contributed by atoms with Gasteiger partial charge in [-0.25, -0.2) is 0 Å². The summed E-state index contributed by atoms with van der Waals surface area (Å²) in [6, 6.07) is 7.61. The minimum absolute atomic E-state index is 0.385. The van der Waals surface area contributed by atoms with Gasteiger partial charge in [-0.05, 0) is 18.1 Å². The van der Waals surface area contributed by atoms with Crippen LogP contribution in [0.2, 0.25) is 0 Å². The van der Waals surface area contributed by atoms with Gasteiger partial charge < -0.3 is 15.2 Å². The summed E-state index contributed by atoms with van der Waals surface area (Å²) in [4.78, 5) is 11.4. The summed E-state index contributed by atoms with van der Waals surface area (Å²) in [5, 5.41) is 12.6. The van der Waals surface area contributed by atoms with Gasteiger partial charge in [0.2, 0.25) is 0 Å². The van der Waals surface area contributed by atoms with E-state index in [2.05, 4.69) is 10.1 Å². The second-order valence-corrected chi connectivity index (χ2v) is 3.58. The summed E-state index contributed by atoms with van der Waals surface area (Å²) in [6.45, 7) is 0. The van der Waals surface area contributed by atoms with Crippen LogP contribution >= 0.6 is 0 Å². The maximum Gasteiger partial charge on any atom is 0.313 e. The lowest BCUT2D eigenvalue weighted by molar-refractivity contribution is -0.148. The highest BCUT2D eigenvalue weighted by Gasteiger charge is 2.32. The molecule has 1 aliphatic rings. The van der Waals surface area contributed by atoms with E-state index in [4.69, 9.17) is 0 Å². The quantitative estimate of drug-likeness (QED) is 0.667. The summed E-state index contributed by atoms with van der Waals surface area (Å²) in [7, 11) is 1.33. The Hall–Kier alpha value is -1.55. The third-order valence-electron chi connectivity index (χ3n) is 2.65. The second kappa shape index (κ2) is 3.90. The van der Waals surface area contributed by atoms with Gasteiger partial charge in [-0.3, -0.25) is 4.79 Å². The standard InChI is InChI=1S/C11H13NO3/c1-15-11(14)8-6-7-4-2-3-5-9(7)12-10(8)13/h2-5,8,10,12-13H,6H2,1H3/t8?,10-/m0/s1. The van der Waals surface area contributed by atoms with Crippen molar-refractivity contribution in [2.75, 3.05) is 12.4 Å². The van der Waals surface area contributed by atoms with Gasteiger partial charge in [-0.1, -0.05) is 18.2 Å². The lowest BCUT2D eigenvalue weighted by Gasteiger charge is -2.29.